The Kier molecular flexibility index (Phi) is 4.24. The van der Waals surface area contributed by atoms with E-state index in [0.717, 1.165) is 58.3 Å². The van der Waals surface area contributed by atoms with Crippen LogP contribution < -0.4 is 4.90 Å². The zero-order chi connectivity index (χ0) is 15.5. The minimum atomic E-state index is 0.174. The van der Waals surface area contributed by atoms with Gasteiger partial charge in [0.15, 0.2) is 0 Å². The lowest BCUT2D eigenvalue weighted by Gasteiger charge is -2.31. The van der Waals surface area contributed by atoms with Crippen LogP contribution in [0.3, 0.4) is 0 Å². The highest BCUT2D eigenvalue weighted by Gasteiger charge is 2.41. The lowest BCUT2D eigenvalue weighted by atomic mass is 9.87. The molecule has 2 aromatic heterocycles. The van der Waals surface area contributed by atoms with E-state index in [2.05, 4.69) is 24.8 Å². The molecule has 2 saturated heterocycles. The van der Waals surface area contributed by atoms with Crippen molar-refractivity contribution >= 4 is 17.3 Å². The molecular formula is C16H21N5OS. The molecule has 0 radical (unpaired) electrons. The Labute approximate surface area is 140 Å². The largest absolute Gasteiger partial charge is 0.379 e. The Hall–Kier alpha value is -1.57. The summed E-state index contributed by atoms with van der Waals surface area (Å²) in [7, 11) is 0. The molecule has 6 nitrogen and oxygen atoms in total. The number of likely N-dealkylation sites (tertiary alicyclic amines) is 1. The Morgan fingerprint density at radius 3 is 2.87 bits per heavy atom. The minimum absolute atomic E-state index is 0.174. The number of anilines is 1. The molecule has 2 fully saturated rings. The lowest BCUT2D eigenvalue weighted by molar-refractivity contribution is 0.0730. The summed E-state index contributed by atoms with van der Waals surface area (Å²) in [4.78, 5) is 18.0. The van der Waals surface area contributed by atoms with Gasteiger partial charge in [-0.25, -0.2) is 15.0 Å². The van der Waals surface area contributed by atoms with Gasteiger partial charge >= 0.3 is 0 Å². The third kappa shape index (κ3) is 3.36. The smallest absolute Gasteiger partial charge is 0.225 e. The molecule has 0 bridgehead atoms. The van der Waals surface area contributed by atoms with Crippen molar-refractivity contribution in [1.82, 2.24) is 19.9 Å². The van der Waals surface area contributed by atoms with Crippen molar-refractivity contribution in [3.05, 3.63) is 35.0 Å². The zero-order valence-corrected chi connectivity index (χ0v) is 13.9. The molecule has 0 amide bonds. The molecule has 1 spiro atoms. The molecule has 2 aliphatic rings. The summed E-state index contributed by atoms with van der Waals surface area (Å²) in [6.07, 6.45) is 6.66. The second-order valence-electron chi connectivity index (χ2n) is 6.41. The molecule has 2 aliphatic heterocycles. The van der Waals surface area contributed by atoms with Crippen molar-refractivity contribution in [2.45, 2.75) is 13.0 Å². The molecule has 0 N–H and O–H groups in total. The standard InChI is InChI=1S/C16H21N5OS/c1-3-18-15(19-4-1)21-7-8-22-13-16(12-21)2-6-20(11-16)10-14-17-5-9-23-14/h1,3-5,9H,2,6-8,10-13H2/t16-/m0/s1. The number of nitrogens with zero attached hydrogens (tertiary/aromatic N) is 5. The van der Waals surface area contributed by atoms with E-state index in [-0.39, 0.29) is 5.41 Å². The first-order chi connectivity index (χ1) is 11.3. The van der Waals surface area contributed by atoms with E-state index in [9.17, 15) is 0 Å². The van der Waals surface area contributed by atoms with Gasteiger partial charge < -0.3 is 9.64 Å². The Balaban J connectivity index is 1.47. The summed E-state index contributed by atoms with van der Waals surface area (Å²) >= 11 is 1.73. The number of aromatic nitrogens is 3. The topological polar surface area (TPSA) is 54.4 Å². The second kappa shape index (κ2) is 6.51. The number of thiazole rings is 1. The number of rotatable bonds is 3. The van der Waals surface area contributed by atoms with Crippen LogP contribution in [0.4, 0.5) is 5.95 Å². The van der Waals surface area contributed by atoms with Crippen LogP contribution >= 0.6 is 11.3 Å². The average Bonchev–Trinajstić information content (AvgIpc) is 3.17. The molecule has 7 heteroatoms. The van der Waals surface area contributed by atoms with Crippen molar-refractivity contribution in [3.8, 4) is 0 Å². The molecular weight excluding hydrogens is 310 g/mol. The van der Waals surface area contributed by atoms with Crippen molar-refractivity contribution in [2.24, 2.45) is 5.41 Å². The van der Waals surface area contributed by atoms with Gasteiger partial charge in [0.05, 0.1) is 19.8 Å². The van der Waals surface area contributed by atoms with Crippen LogP contribution in [0.5, 0.6) is 0 Å². The van der Waals surface area contributed by atoms with Crippen LogP contribution in [0.25, 0.3) is 0 Å². The highest BCUT2D eigenvalue weighted by molar-refractivity contribution is 7.09. The zero-order valence-electron chi connectivity index (χ0n) is 13.1. The second-order valence-corrected chi connectivity index (χ2v) is 7.39. The predicted octanol–water partition coefficient (Wildman–Crippen LogP) is 1.66. The molecule has 2 aromatic rings. The monoisotopic (exact) mass is 331 g/mol. The van der Waals surface area contributed by atoms with Gasteiger partial charge in [0.1, 0.15) is 5.01 Å². The third-order valence-electron chi connectivity index (χ3n) is 4.63. The molecule has 1 atom stereocenters. The Morgan fingerprint density at radius 2 is 2.04 bits per heavy atom. The van der Waals surface area contributed by atoms with Crippen molar-refractivity contribution in [2.75, 3.05) is 44.3 Å². The van der Waals surface area contributed by atoms with Gasteiger partial charge in [0.2, 0.25) is 5.95 Å². The van der Waals surface area contributed by atoms with Gasteiger partial charge in [-0.15, -0.1) is 11.3 Å². The first-order valence-corrected chi connectivity index (χ1v) is 8.91. The molecule has 0 aromatic carbocycles. The van der Waals surface area contributed by atoms with Crippen molar-refractivity contribution < 1.29 is 4.74 Å². The van der Waals surface area contributed by atoms with Gasteiger partial charge in [0.25, 0.3) is 0 Å². The number of hydrogen-bond acceptors (Lipinski definition) is 7. The Morgan fingerprint density at radius 1 is 1.13 bits per heavy atom. The number of ether oxygens (including phenoxy) is 1. The van der Waals surface area contributed by atoms with Gasteiger partial charge in [-0.05, 0) is 19.0 Å². The van der Waals surface area contributed by atoms with E-state index < -0.39 is 0 Å². The maximum Gasteiger partial charge on any atom is 0.225 e. The molecule has 4 heterocycles. The fourth-order valence-corrected chi connectivity index (χ4v) is 4.21. The van der Waals surface area contributed by atoms with E-state index in [1.54, 1.807) is 11.3 Å². The lowest BCUT2D eigenvalue weighted by Crippen LogP contribution is -2.41. The van der Waals surface area contributed by atoms with E-state index in [1.165, 1.54) is 5.01 Å². The van der Waals surface area contributed by atoms with Crippen LogP contribution in [-0.2, 0) is 11.3 Å². The number of hydrogen-bond donors (Lipinski definition) is 0. The fourth-order valence-electron chi connectivity index (χ4n) is 3.55. The Bertz CT molecular complexity index is 623. The van der Waals surface area contributed by atoms with Gasteiger partial charge in [-0.2, -0.15) is 0 Å². The highest BCUT2D eigenvalue weighted by atomic mass is 32.1. The maximum atomic E-state index is 5.93. The minimum Gasteiger partial charge on any atom is -0.379 e. The van der Waals surface area contributed by atoms with Gasteiger partial charge in [-0.3, -0.25) is 4.90 Å². The molecule has 0 aliphatic carbocycles. The van der Waals surface area contributed by atoms with E-state index in [1.807, 2.05) is 30.0 Å². The van der Waals surface area contributed by atoms with Gasteiger partial charge in [-0.1, -0.05) is 0 Å². The third-order valence-corrected chi connectivity index (χ3v) is 5.40. The predicted molar refractivity (Wildman–Crippen MR) is 89.5 cm³/mol. The molecule has 4 rings (SSSR count). The summed E-state index contributed by atoms with van der Waals surface area (Å²) < 4.78 is 5.93. The summed E-state index contributed by atoms with van der Waals surface area (Å²) in [6.45, 7) is 6.49. The van der Waals surface area contributed by atoms with E-state index in [4.69, 9.17) is 4.74 Å². The molecule has 23 heavy (non-hydrogen) atoms. The van der Waals surface area contributed by atoms with Crippen LogP contribution in [-0.4, -0.2) is 59.2 Å². The van der Waals surface area contributed by atoms with Crippen LogP contribution in [0.1, 0.15) is 11.4 Å². The molecule has 0 unspecified atom stereocenters. The van der Waals surface area contributed by atoms with Crippen molar-refractivity contribution in [1.29, 1.82) is 0 Å². The van der Waals surface area contributed by atoms with Crippen LogP contribution in [0.2, 0.25) is 0 Å². The summed E-state index contributed by atoms with van der Waals surface area (Å²) in [5, 5.41) is 3.24. The first-order valence-electron chi connectivity index (χ1n) is 8.04. The summed E-state index contributed by atoms with van der Waals surface area (Å²) in [5.41, 5.74) is 0.174. The fraction of sp³-hybridized carbons (Fsp3) is 0.562. The maximum absolute atomic E-state index is 5.93. The van der Waals surface area contributed by atoms with Gasteiger partial charge in [0, 0.05) is 49.0 Å². The first kappa shape index (κ1) is 15.0. The quantitative estimate of drug-likeness (QED) is 0.853. The highest BCUT2D eigenvalue weighted by Crippen LogP contribution is 2.35. The molecule has 0 saturated carbocycles. The van der Waals surface area contributed by atoms with Crippen molar-refractivity contribution in [3.63, 3.8) is 0 Å². The summed E-state index contributed by atoms with van der Waals surface area (Å²) in [6, 6.07) is 1.86. The van der Waals surface area contributed by atoms with Crippen LogP contribution in [0.15, 0.2) is 30.0 Å². The summed E-state index contributed by atoms with van der Waals surface area (Å²) in [5.74, 6) is 0.816. The molecule has 122 valence electrons. The van der Waals surface area contributed by atoms with Crippen LogP contribution in [0, 0.1) is 5.41 Å². The average molecular weight is 331 g/mol. The van der Waals surface area contributed by atoms with E-state index >= 15 is 0 Å². The SMILES string of the molecule is c1cnc(N2CCOC[C@]3(CCN(Cc4nccs4)C3)C2)nc1. The normalized spacial score (nSPS) is 25.8. The van der Waals surface area contributed by atoms with E-state index in [0.29, 0.717) is 0 Å².